The van der Waals surface area contributed by atoms with E-state index in [-0.39, 0.29) is 11.6 Å². The molecule has 2 aromatic rings. The second-order valence-corrected chi connectivity index (χ2v) is 4.44. The molecule has 20 heavy (non-hydrogen) atoms. The first-order chi connectivity index (χ1) is 9.52. The molecule has 0 spiro atoms. The molecule has 0 aromatic heterocycles. The molecular weight excluding hydrogens is 255 g/mol. The van der Waals surface area contributed by atoms with Crippen molar-refractivity contribution in [2.24, 2.45) is 0 Å². The summed E-state index contributed by atoms with van der Waals surface area (Å²) < 4.78 is 13.0. The Morgan fingerprint density at radius 3 is 2.40 bits per heavy atom. The van der Waals surface area contributed by atoms with Gasteiger partial charge in [-0.15, -0.1) is 0 Å². The molecule has 0 fully saturated rings. The van der Waals surface area contributed by atoms with Crippen LogP contribution in [-0.2, 0) is 0 Å². The van der Waals surface area contributed by atoms with Crippen LogP contribution >= 0.6 is 0 Å². The zero-order valence-corrected chi connectivity index (χ0v) is 11.2. The third-order valence-electron chi connectivity index (χ3n) is 3.08. The van der Waals surface area contributed by atoms with Gasteiger partial charge < -0.3 is 4.90 Å². The van der Waals surface area contributed by atoms with Gasteiger partial charge in [0, 0.05) is 18.3 Å². The van der Waals surface area contributed by atoms with Gasteiger partial charge in [-0.1, -0.05) is 0 Å². The maximum absolute atomic E-state index is 13.0. The highest BCUT2D eigenvalue weighted by molar-refractivity contribution is 6.00. The lowest BCUT2D eigenvalue weighted by Gasteiger charge is -2.22. The Morgan fingerprint density at radius 1 is 1.20 bits per heavy atom. The lowest BCUT2D eigenvalue weighted by Crippen LogP contribution is -2.13. The molecule has 0 aliphatic carbocycles. The molecule has 0 saturated heterocycles. The van der Waals surface area contributed by atoms with Gasteiger partial charge in [0.25, 0.3) is 0 Å². The molecule has 0 radical (unpaired) electrons. The highest BCUT2D eigenvalue weighted by atomic mass is 19.1. The van der Waals surface area contributed by atoms with Crippen molar-refractivity contribution in [3.63, 3.8) is 0 Å². The number of nitriles is 1. The second-order valence-electron chi connectivity index (χ2n) is 4.44. The molecule has 0 heterocycles. The van der Waals surface area contributed by atoms with Gasteiger partial charge in [-0.25, -0.2) is 4.39 Å². The number of ketones is 1. The predicted molar refractivity (Wildman–Crippen MR) is 75.6 cm³/mol. The monoisotopic (exact) mass is 268 g/mol. The van der Waals surface area contributed by atoms with Gasteiger partial charge in [-0.2, -0.15) is 5.26 Å². The number of anilines is 2. The van der Waals surface area contributed by atoms with Crippen molar-refractivity contribution in [3.8, 4) is 6.07 Å². The molecule has 0 atom stereocenters. The minimum Gasteiger partial charge on any atom is -0.344 e. The number of Topliss-reactive ketones (excluding diaryl/α,β-unsaturated/α-hetero) is 1. The third kappa shape index (κ3) is 2.67. The third-order valence-corrected chi connectivity index (χ3v) is 3.08. The Morgan fingerprint density at radius 2 is 1.85 bits per heavy atom. The van der Waals surface area contributed by atoms with E-state index >= 15 is 0 Å². The number of hydrogen-bond donors (Lipinski definition) is 0. The highest BCUT2D eigenvalue weighted by Crippen LogP contribution is 2.28. The van der Waals surface area contributed by atoms with E-state index in [9.17, 15) is 9.18 Å². The van der Waals surface area contributed by atoms with Crippen molar-refractivity contribution in [1.29, 1.82) is 5.26 Å². The minimum absolute atomic E-state index is 0.0848. The molecule has 0 N–H and O–H groups in total. The summed E-state index contributed by atoms with van der Waals surface area (Å²) in [6.07, 6.45) is 0. The maximum atomic E-state index is 13.0. The van der Waals surface area contributed by atoms with E-state index in [1.165, 1.54) is 19.1 Å². The van der Waals surface area contributed by atoms with Crippen LogP contribution in [0.15, 0.2) is 42.5 Å². The lowest BCUT2D eigenvalue weighted by atomic mass is 10.1. The van der Waals surface area contributed by atoms with E-state index in [1.807, 2.05) is 0 Å². The molecule has 0 saturated carbocycles. The van der Waals surface area contributed by atoms with E-state index in [0.717, 1.165) is 5.69 Å². The topological polar surface area (TPSA) is 44.1 Å². The predicted octanol–water partition coefficient (Wildman–Crippen LogP) is 3.67. The van der Waals surface area contributed by atoms with Gasteiger partial charge in [0.05, 0.1) is 17.3 Å². The molecule has 0 unspecified atom stereocenters. The van der Waals surface area contributed by atoms with Crippen LogP contribution in [0.5, 0.6) is 0 Å². The van der Waals surface area contributed by atoms with Crippen LogP contribution in [0, 0.1) is 17.1 Å². The van der Waals surface area contributed by atoms with E-state index in [0.29, 0.717) is 16.8 Å². The Hall–Kier alpha value is -2.67. The Kier molecular flexibility index (Phi) is 3.81. The number of benzene rings is 2. The molecule has 0 bridgehead atoms. The zero-order chi connectivity index (χ0) is 14.7. The molecule has 2 aromatic carbocycles. The standard InChI is InChI=1S/C16H13FN2O/c1-11(20)15-8-3-12(10-18)9-16(15)19(2)14-6-4-13(17)5-7-14/h3-9H,1-2H3. The van der Waals surface area contributed by atoms with Gasteiger partial charge in [-0.3, -0.25) is 4.79 Å². The molecule has 0 aliphatic rings. The van der Waals surface area contributed by atoms with Crippen molar-refractivity contribution in [1.82, 2.24) is 0 Å². The summed E-state index contributed by atoms with van der Waals surface area (Å²) in [7, 11) is 1.77. The first-order valence-electron chi connectivity index (χ1n) is 6.07. The molecule has 100 valence electrons. The first-order valence-corrected chi connectivity index (χ1v) is 6.07. The Balaban J connectivity index is 2.52. The van der Waals surface area contributed by atoms with Crippen molar-refractivity contribution >= 4 is 17.2 Å². The lowest BCUT2D eigenvalue weighted by molar-refractivity contribution is 0.101. The molecule has 3 nitrogen and oxygen atoms in total. The van der Waals surface area contributed by atoms with Gasteiger partial charge in [0.2, 0.25) is 0 Å². The smallest absolute Gasteiger partial charge is 0.161 e. The molecule has 0 amide bonds. The fourth-order valence-electron chi connectivity index (χ4n) is 1.98. The van der Waals surface area contributed by atoms with E-state index in [2.05, 4.69) is 6.07 Å². The summed E-state index contributed by atoms with van der Waals surface area (Å²) in [5.41, 5.74) is 2.36. The average Bonchev–Trinajstić information content (AvgIpc) is 2.46. The van der Waals surface area contributed by atoms with Gasteiger partial charge in [0.1, 0.15) is 5.82 Å². The number of carbonyl (C=O) groups is 1. The molecule has 4 heteroatoms. The van der Waals surface area contributed by atoms with E-state index < -0.39 is 0 Å². The largest absolute Gasteiger partial charge is 0.344 e. The zero-order valence-electron chi connectivity index (χ0n) is 11.2. The van der Waals surface area contributed by atoms with E-state index in [1.54, 1.807) is 42.3 Å². The number of nitrogens with zero attached hydrogens (tertiary/aromatic N) is 2. The van der Waals surface area contributed by atoms with Crippen LogP contribution < -0.4 is 4.90 Å². The SMILES string of the molecule is CC(=O)c1ccc(C#N)cc1N(C)c1ccc(F)cc1. The van der Waals surface area contributed by atoms with Crippen molar-refractivity contribution in [2.45, 2.75) is 6.92 Å². The fourth-order valence-corrected chi connectivity index (χ4v) is 1.98. The summed E-state index contributed by atoms with van der Waals surface area (Å²) in [6, 6.07) is 12.9. The molecule has 2 rings (SSSR count). The van der Waals surface area contributed by atoms with Crippen LogP contribution in [0.25, 0.3) is 0 Å². The number of halogens is 1. The van der Waals surface area contributed by atoms with Crippen molar-refractivity contribution in [3.05, 3.63) is 59.4 Å². The fraction of sp³-hybridized carbons (Fsp3) is 0.125. The van der Waals surface area contributed by atoms with Crippen molar-refractivity contribution < 1.29 is 9.18 Å². The van der Waals surface area contributed by atoms with Crippen LogP contribution in [-0.4, -0.2) is 12.8 Å². The summed E-state index contributed by atoms with van der Waals surface area (Å²) in [5.74, 6) is -0.404. The summed E-state index contributed by atoms with van der Waals surface area (Å²) in [4.78, 5) is 13.4. The van der Waals surface area contributed by atoms with Gasteiger partial charge >= 0.3 is 0 Å². The second kappa shape index (κ2) is 5.54. The highest BCUT2D eigenvalue weighted by Gasteiger charge is 2.13. The Bertz CT molecular complexity index is 687. The van der Waals surface area contributed by atoms with Crippen LogP contribution in [0.3, 0.4) is 0 Å². The number of carbonyl (C=O) groups excluding carboxylic acids is 1. The van der Waals surface area contributed by atoms with Crippen molar-refractivity contribution in [2.75, 3.05) is 11.9 Å². The van der Waals surface area contributed by atoms with Gasteiger partial charge in [-0.05, 0) is 49.4 Å². The first kappa shape index (κ1) is 13.8. The quantitative estimate of drug-likeness (QED) is 0.798. The van der Waals surface area contributed by atoms with Crippen LogP contribution in [0.4, 0.5) is 15.8 Å². The average molecular weight is 268 g/mol. The molecular formula is C16H13FN2O. The van der Waals surface area contributed by atoms with E-state index in [4.69, 9.17) is 5.26 Å². The molecule has 0 aliphatic heterocycles. The summed E-state index contributed by atoms with van der Waals surface area (Å²) in [5, 5.41) is 8.98. The normalized spacial score (nSPS) is 9.90. The number of hydrogen-bond acceptors (Lipinski definition) is 3. The van der Waals surface area contributed by atoms with Gasteiger partial charge in [0.15, 0.2) is 5.78 Å². The minimum atomic E-state index is -0.320. The summed E-state index contributed by atoms with van der Waals surface area (Å²) in [6.45, 7) is 1.48. The van der Waals surface area contributed by atoms with Crippen LogP contribution in [0.1, 0.15) is 22.8 Å². The maximum Gasteiger partial charge on any atom is 0.161 e. The van der Waals surface area contributed by atoms with Crippen LogP contribution in [0.2, 0.25) is 0 Å². The number of rotatable bonds is 3. The summed E-state index contributed by atoms with van der Waals surface area (Å²) >= 11 is 0. The Labute approximate surface area is 116 Å².